The molecule has 1 aromatic rings. The molecule has 76 valence electrons. The number of halogens is 3. The van der Waals surface area contributed by atoms with E-state index < -0.39 is 28.4 Å². The van der Waals surface area contributed by atoms with Crippen LogP contribution >= 0.6 is 0 Å². The first-order valence-corrected chi connectivity index (χ1v) is 3.66. The second-order valence-corrected chi connectivity index (χ2v) is 2.70. The van der Waals surface area contributed by atoms with Crippen molar-refractivity contribution in [2.45, 2.75) is 13.3 Å². The van der Waals surface area contributed by atoms with Crippen LogP contribution in [-0.2, 0) is 0 Å². The van der Waals surface area contributed by atoms with Crippen molar-refractivity contribution in [3.63, 3.8) is 0 Å². The van der Waals surface area contributed by atoms with Gasteiger partial charge < -0.3 is 0 Å². The Labute approximate surface area is 77.3 Å². The fraction of sp³-hybridized carbons (Fsp3) is 0.250. The zero-order valence-corrected chi connectivity index (χ0v) is 7.13. The summed E-state index contributed by atoms with van der Waals surface area (Å²) in [6, 6.07) is 1.23. The van der Waals surface area contributed by atoms with E-state index in [9.17, 15) is 23.3 Å². The van der Waals surface area contributed by atoms with Crippen molar-refractivity contribution in [3.8, 4) is 0 Å². The summed E-state index contributed by atoms with van der Waals surface area (Å²) in [5, 5.41) is 10.3. The van der Waals surface area contributed by atoms with E-state index in [-0.39, 0.29) is 5.56 Å². The second kappa shape index (κ2) is 3.65. The van der Waals surface area contributed by atoms with E-state index in [1.807, 2.05) is 0 Å². The summed E-state index contributed by atoms with van der Waals surface area (Å²) in [5.41, 5.74) is -1.47. The van der Waals surface area contributed by atoms with Crippen LogP contribution in [0.2, 0.25) is 0 Å². The van der Waals surface area contributed by atoms with E-state index in [4.69, 9.17) is 0 Å². The molecule has 0 N–H and O–H groups in total. The third-order valence-electron chi connectivity index (χ3n) is 1.82. The molecule has 0 fully saturated rings. The molecule has 0 aliphatic heterocycles. The molecule has 0 aromatic heterocycles. The summed E-state index contributed by atoms with van der Waals surface area (Å²) in [6.07, 6.45) is -2.91. The van der Waals surface area contributed by atoms with Gasteiger partial charge in [0.05, 0.1) is 11.0 Å². The number of nitrogens with zero attached hydrogens (tertiary/aromatic N) is 1. The van der Waals surface area contributed by atoms with Gasteiger partial charge >= 0.3 is 0 Å². The molecule has 6 heteroatoms. The van der Waals surface area contributed by atoms with Crippen LogP contribution in [0.15, 0.2) is 12.1 Å². The van der Waals surface area contributed by atoms with E-state index in [2.05, 4.69) is 0 Å². The number of nitro benzene ring substituents is 1. The lowest BCUT2D eigenvalue weighted by molar-refractivity contribution is -0.385. The first-order valence-electron chi connectivity index (χ1n) is 3.66. The van der Waals surface area contributed by atoms with Crippen molar-refractivity contribution in [1.29, 1.82) is 0 Å². The van der Waals surface area contributed by atoms with Crippen LogP contribution in [0, 0.1) is 22.9 Å². The quantitative estimate of drug-likeness (QED) is 0.550. The molecule has 3 nitrogen and oxygen atoms in total. The van der Waals surface area contributed by atoms with E-state index in [1.165, 1.54) is 6.92 Å². The van der Waals surface area contributed by atoms with Crippen LogP contribution in [-0.4, -0.2) is 4.92 Å². The number of hydrogen-bond acceptors (Lipinski definition) is 2. The predicted molar refractivity (Wildman–Crippen MR) is 42.7 cm³/mol. The highest BCUT2D eigenvalue weighted by atomic mass is 19.3. The fourth-order valence-corrected chi connectivity index (χ4v) is 1.10. The van der Waals surface area contributed by atoms with Crippen molar-refractivity contribution >= 4 is 5.69 Å². The molecule has 0 atom stereocenters. The molecule has 0 unspecified atom stereocenters. The molecule has 0 radical (unpaired) electrons. The molecule has 0 aliphatic carbocycles. The summed E-state index contributed by atoms with van der Waals surface area (Å²) in [7, 11) is 0. The van der Waals surface area contributed by atoms with E-state index in [0.717, 1.165) is 0 Å². The minimum Gasteiger partial charge on any atom is -0.258 e. The second-order valence-electron chi connectivity index (χ2n) is 2.70. The lowest BCUT2D eigenvalue weighted by atomic mass is 10.1. The number of alkyl halides is 2. The standard InChI is InChI=1S/C8H6F3NO2/c1-4-6(8(10)11)2-5(9)3-7(4)12(13)14/h2-3,8H,1H3. The zero-order chi connectivity index (χ0) is 10.9. The van der Waals surface area contributed by atoms with Gasteiger partial charge in [0, 0.05) is 11.1 Å². The molecule has 0 heterocycles. The highest BCUT2D eigenvalue weighted by Gasteiger charge is 2.21. The molecular weight excluding hydrogens is 199 g/mol. The van der Waals surface area contributed by atoms with Gasteiger partial charge in [0.2, 0.25) is 0 Å². The van der Waals surface area contributed by atoms with Crippen LogP contribution in [0.25, 0.3) is 0 Å². The van der Waals surface area contributed by atoms with Gasteiger partial charge in [-0.1, -0.05) is 0 Å². The Morgan fingerprint density at radius 3 is 2.43 bits per heavy atom. The number of nitro groups is 1. The largest absolute Gasteiger partial charge is 0.275 e. The lowest BCUT2D eigenvalue weighted by Crippen LogP contribution is -1.98. The van der Waals surface area contributed by atoms with Gasteiger partial charge in [-0.2, -0.15) is 0 Å². The summed E-state index contributed by atoms with van der Waals surface area (Å²) < 4.78 is 37.2. The van der Waals surface area contributed by atoms with Gasteiger partial charge in [-0.3, -0.25) is 10.1 Å². The molecule has 0 saturated heterocycles. The first kappa shape index (κ1) is 10.5. The number of rotatable bonds is 2. The average Bonchev–Trinajstić information content (AvgIpc) is 2.07. The summed E-state index contributed by atoms with van der Waals surface area (Å²) >= 11 is 0. The van der Waals surface area contributed by atoms with Crippen LogP contribution in [0.5, 0.6) is 0 Å². The van der Waals surface area contributed by atoms with Crippen molar-refractivity contribution < 1.29 is 18.1 Å². The minimum atomic E-state index is -2.91. The van der Waals surface area contributed by atoms with Crippen molar-refractivity contribution in [2.75, 3.05) is 0 Å². The Morgan fingerprint density at radius 2 is 2.00 bits per heavy atom. The minimum absolute atomic E-state index is 0.202. The maximum atomic E-state index is 12.7. The lowest BCUT2D eigenvalue weighted by Gasteiger charge is -2.04. The maximum Gasteiger partial charge on any atom is 0.275 e. The summed E-state index contributed by atoms with van der Waals surface area (Å²) in [5.74, 6) is -1.03. The van der Waals surface area contributed by atoms with Crippen molar-refractivity contribution in [1.82, 2.24) is 0 Å². The zero-order valence-electron chi connectivity index (χ0n) is 7.13. The Morgan fingerprint density at radius 1 is 1.43 bits per heavy atom. The van der Waals surface area contributed by atoms with E-state index in [0.29, 0.717) is 12.1 Å². The highest BCUT2D eigenvalue weighted by Crippen LogP contribution is 2.29. The van der Waals surface area contributed by atoms with Gasteiger partial charge in [-0.05, 0) is 13.0 Å². The maximum absolute atomic E-state index is 12.7. The van der Waals surface area contributed by atoms with Crippen molar-refractivity contribution in [2.24, 2.45) is 0 Å². The van der Waals surface area contributed by atoms with Gasteiger partial charge in [-0.25, -0.2) is 13.2 Å². The van der Waals surface area contributed by atoms with Gasteiger partial charge in [0.15, 0.2) is 0 Å². The fourth-order valence-electron chi connectivity index (χ4n) is 1.10. The normalized spacial score (nSPS) is 10.6. The third kappa shape index (κ3) is 1.84. The topological polar surface area (TPSA) is 43.1 Å². The molecule has 1 aromatic carbocycles. The van der Waals surface area contributed by atoms with Crippen LogP contribution in [0.3, 0.4) is 0 Å². The molecule has 1 rings (SSSR count). The molecule has 0 spiro atoms. The molecule has 0 saturated carbocycles. The summed E-state index contributed by atoms with van der Waals surface area (Å²) in [4.78, 5) is 9.46. The van der Waals surface area contributed by atoms with Gasteiger partial charge in [-0.15, -0.1) is 0 Å². The Hall–Kier alpha value is -1.59. The molecular formula is C8H6F3NO2. The van der Waals surface area contributed by atoms with Crippen LogP contribution in [0.1, 0.15) is 17.6 Å². The summed E-state index contributed by atoms with van der Waals surface area (Å²) in [6.45, 7) is 1.17. The van der Waals surface area contributed by atoms with Gasteiger partial charge in [0.1, 0.15) is 5.82 Å². The first-order chi connectivity index (χ1) is 6.43. The molecule has 0 aliphatic rings. The SMILES string of the molecule is Cc1c(C(F)F)cc(F)cc1[N+](=O)[O-]. The Bertz CT molecular complexity index is 379. The third-order valence-corrected chi connectivity index (χ3v) is 1.82. The molecule has 0 amide bonds. The monoisotopic (exact) mass is 205 g/mol. The Balaban J connectivity index is 3.40. The Kier molecular flexibility index (Phi) is 2.73. The number of hydrogen-bond donors (Lipinski definition) is 0. The average molecular weight is 205 g/mol. The highest BCUT2D eigenvalue weighted by molar-refractivity contribution is 5.45. The molecule has 14 heavy (non-hydrogen) atoms. The predicted octanol–water partition coefficient (Wildman–Crippen LogP) is 2.98. The van der Waals surface area contributed by atoms with Gasteiger partial charge in [0.25, 0.3) is 12.1 Å². The van der Waals surface area contributed by atoms with Crippen LogP contribution < -0.4 is 0 Å². The van der Waals surface area contributed by atoms with E-state index >= 15 is 0 Å². The van der Waals surface area contributed by atoms with E-state index in [1.54, 1.807) is 0 Å². The van der Waals surface area contributed by atoms with Crippen LogP contribution in [0.4, 0.5) is 18.9 Å². The molecule has 0 bridgehead atoms. The number of benzene rings is 1. The van der Waals surface area contributed by atoms with Crippen molar-refractivity contribution in [3.05, 3.63) is 39.2 Å². The smallest absolute Gasteiger partial charge is 0.258 e.